The number of piperidine rings is 1. The zero-order valence-electron chi connectivity index (χ0n) is 9.16. The fraction of sp³-hybridized carbons (Fsp3) is 0.636. The van der Waals surface area contributed by atoms with E-state index in [-0.39, 0.29) is 0 Å². The summed E-state index contributed by atoms with van der Waals surface area (Å²) in [4.78, 5) is 8.48. The molecule has 2 heterocycles. The van der Waals surface area contributed by atoms with Crippen LogP contribution >= 0.6 is 0 Å². The van der Waals surface area contributed by atoms with Crippen LogP contribution in [0.25, 0.3) is 0 Å². The van der Waals surface area contributed by atoms with Crippen molar-refractivity contribution in [2.45, 2.75) is 32.2 Å². The van der Waals surface area contributed by atoms with Crippen molar-refractivity contribution in [2.75, 3.05) is 18.4 Å². The first-order valence-corrected chi connectivity index (χ1v) is 5.61. The quantitative estimate of drug-likeness (QED) is 0.783. The molecule has 1 fully saturated rings. The average Bonchev–Trinajstić information content (AvgIpc) is 2.28. The summed E-state index contributed by atoms with van der Waals surface area (Å²) in [5.74, 6) is 0.738. The second-order valence-corrected chi connectivity index (χ2v) is 4.05. The molecule has 0 saturated carbocycles. The molecule has 0 aliphatic carbocycles. The standard InChI is InChI=1S/C11H18N4/c1-9-5-7-13-11(15-9)14-8-10-4-2-3-6-12-10/h5,7,10,12H,2-4,6,8H2,1H3,(H,13,14,15)/t10-/m1/s1. The van der Waals surface area contributed by atoms with Gasteiger partial charge >= 0.3 is 0 Å². The van der Waals surface area contributed by atoms with E-state index in [0.717, 1.165) is 24.7 Å². The summed E-state index contributed by atoms with van der Waals surface area (Å²) in [7, 11) is 0. The number of hydrogen-bond acceptors (Lipinski definition) is 4. The van der Waals surface area contributed by atoms with Crippen molar-refractivity contribution in [1.82, 2.24) is 15.3 Å². The Labute approximate surface area is 90.5 Å². The summed E-state index contributed by atoms with van der Waals surface area (Å²) in [6.07, 6.45) is 5.67. The van der Waals surface area contributed by atoms with Crippen LogP contribution in [0.5, 0.6) is 0 Å². The molecule has 0 spiro atoms. The molecular formula is C11H18N4. The fourth-order valence-electron chi connectivity index (χ4n) is 1.85. The molecule has 1 aromatic rings. The van der Waals surface area contributed by atoms with E-state index in [0.29, 0.717) is 6.04 Å². The maximum Gasteiger partial charge on any atom is 0.222 e. The van der Waals surface area contributed by atoms with Crippen LogP contribution in [0.15, 0.2) is 12.3 Å². The highest BCUT2D eigenvalue weighted by molar-refractivity contribution is 5.24. The van der Waals surface area contributed by atoms with Crippen LogP contribution in [0.3, 0.4) is 0 Å². The Balaban J connectivity index is 1.81. The molecule has 2 N–H and O–H groups in total. The molecule has 0 amide bonds. The van der Waals surface area contributed by atoms with Crippen molar-refractivity contribution in [2.24, 2.45) is 0 Å². The minimum atomic E-state index is 0.572. The molecule has 0 unspecified atom stereocenters. The molecule has 0 radical (unpaired) electrons. The Morgan fingerprint density at radius 3 is 3.20 bits per heavy atom. The van der Waals surface area contributed by atoms with Crippen LogP contribution in [0.2, 0.25) is 0 Å². The van der Waals surface area contributed by atoms with E-state index in [1.165, 1.54) is 19.3 Å². The van der Waals surface area contributed by atoms with Gasteiger partial charge in [-0.15, -0.1) is 0 Å². The highest BCUT2D eigenvalue weighted by Gasteiger charge is 2.11. The normalized spacial score (nSPS) is 21.3. The van der Waals surface area contributed by atoms with Gasteiger partial charge in [-0.25, -0.2) is 9.97 Å². The van der Waals surface area contributed by atoms with Gasteiger partial charge in [0.15, 0.2) is 0 Å². The summed E-state index contributed by atoms with van der Waals surface area (Å²) >= 11 is 0. The SMILES string of the molecule is Cc1ccnc(NC[C@H]2CCCCN2)n1. The summed E-state index contributed by atoms with van der Waals surface area (Å²) in [5.41, 5.74) is 1.00. The largest absolute Gasteiger partial charge is 0.353 e. The second-order valence-electron chi connectivity index (χ2n) is 4.05. The molecule has 4 nitrogen and oxygen atoms in total. The zero-order valence-corrected chi connectivity index (χ0v) is 9.16. The molecule has 1 aliphatic heterocycles. The maximum atomic E-state index is 4.31. The molecule has 4 heteroatoms. The van der Waals surface area contributed by atoms with Gasteiger partial charge in [-0.2, -0.15) is 0 Å². The average molecular weight is 206 g/mol. The van der Waals surface area contributed by atoms with Gasteiger partial charge in [-0.3, -0.25) is 0 Å². The smallest absolute Gasteiger partial charge is 0.222 e. The van der Waals surface area contributed by atoms with Crippen molar-refractivity contribution in [3.63, 3.8) is 0 Å². The van der Waals surface area contributed by atoms with E-state index in [4.69, 9.17) is 0 Å². The minimum absolute atomic E-state index is 0.572. The van der Waals surface area contributed by atoms with E-state index in [2.05, 4.69) is 20.6 Å². The molecule has 1 aliphatic rings. The molecule has 2 rings (SSSR count). The molecular weight excluding hydrogens is 188 g/mol. The molecule has 1 atom stereocenters. The van der Waals surface area contributed by atoms with Gasteiger partial charge in [-0.1, -0.05) is 6.42 Å². The molecule has 0 aromatic carbocycles. The molecule has 1 saturated heterocycles. The van der Waals surface area contributed by atoms with Crippen LogP contribution < -0.4 is 10.6 Å². The first-order chi connectivity index (χ1) is 7.34. The number of nitrogens with one attached hydrogen (secondary N) is 2. The van der Waals surface area contributed by atoms with Crippen molar-refractivity contribution in [3.05, 3.63) is 18.0 Å². The number of rotatable bonds is 3. The predicted molar refractivity (Wildman–Crippen MR) is 60.9 cm³/mol. The lowest BCUT2D eigenvalue weighted by atomic mass is 10.1. The Kier molecular flexibility index (Phi) is 3.50. The summed E-state index contributed by atoms with van der Waals surface area (Å²) in [6, 6.07) is 2.48. The number of nitrogens with zero attached hydrogens (tertiary/aromatic N) is 2. The van der Waals surface area contributed by atoms with Crippen molar-refractivity contribution < 1.29 is 0 Å². The Morgan fingerprint density at radius 2 is 2.47 bits per heavy atom. The van der Waals surface area contributed by atoms with E-state index in [9.17, 15) is 0 Å². The van der Waals surface area contributed by atoms with Crippen LogP contribution in [-0.4, -0.2) is 29.1 Å². The van der Waals surface area contributed by atoms with Crippen molar-refractivity contribution >= 4 is 5.95 Å². The van der Waals surface area contributed by atoms with Crippen LogP contribution in [0.1, 0.15) is 25.0 Å². The topological polar surface area (TPSA) is 49.8 Å². The molecule has 1 aromatic heterocycles. The first kappa shape index (κ1) is 10.4. The van der Waals surface area contributed by atoms with Crippen LogP contribution in [-0.2, 0) is 0 Å². The third-order valence-corrected chi connectivity index (χ3v) is 2.71. The summed E-state index contributed by atoms with van der Waals surface area (Å²) in [5, 5.41) is 6.76. The van der Waals surface area contributed by atoms with E-state index in [1.807, 2.05) is 13.0 Å². The molecule has 82 valence electrons. The molecule has 0 bridgehead atoms. The molecule has 15 heavy (non-hydrogen) atoms. The Bertz CT molecular complexity index is 307. The van der Waals surface area contributed by atoms with Gasteiger partial charge in [-0.05, 0) is 32.4 Å². The predicted octanol–water partition coefficient (Wildman–Crippen LogP) is 1.34. The van der Waals surface area contributed by atoms with Crippen molar-refractivity contribution in [1.29, 1.82) is 0 Å². The van der Waals surface area contributed by atoms with Gasteiger partial charge in [0, 0.05) is 24.5 Å². The third kappa shape index (κ3) is 3.16. The lowest BCUT2D eigenvalue weighted by molar-refractivity contribution is 0.413. The minimum Gasteiger partial charge on any atom is -0.353 e. The highest BCUT2D eigenvalue weighted by Crippen LogP contribution is 2.07. The number of hydrogen-bond donors (Lipinski definition) is 2. The third-order valence-electron chi connectivity index (χ3n) is 2.71. The summed E-state index contributed by atoms with van der Waals surface area (Å²) < 4.78 is 0. The number of aryl methyl sites for hydroxylation is 1. The maximum absolute atomic E-state index is 4.31. The second kappa shape index (κ2) is 5.07. The summed E-state index contributed by atoms with van der Waals surface area (Å²) in [6.45, 7) is 4.04. The van der Waals surface area contributed by atoms with E-state index < -0.39 is 0 Å². The van der Waals surface area contributed by atoms with Gasteiger partial charge < -0.3 is 10.6 Å². The van der Waals surface area contributed by atoms with Gasteiger partial charge in [0.1, 0.15) is 0 Å². The van der Waals surface area contributed by atoms with Crippen molar-refractivity contribution in [3.8, 4) is 0 Å². The van der Waals surface area contributed by atoms with Gasteiger partial charge in [0.05, 0.1) is 0 Å². The Morgan fingerprint density at radius 1 is 1.53 bits per heavy atom. The van der Waals surface area contributed by atoms with Crippen LogP contribution in [0, 0.1) is 6.92 Å². The van der Waals surface area contributed by atoms with E-state index in [1.54, 1.807) is 6.20 Å². The van der Waals surface area contributed by atoms with E-state index >= 15 is 0 Å². The lowest BCUT2D eigenvalue weighted by Crippen LogP contribution is -2.39. The fourth-order valence-corrected chi connectivity index (χ4v) is 1.85. The highest BCUT2D eigenvalue weighted by atomic mass is 15.1. The first-order valence-electron chi connectivity index (χ1n) is 5.61. The number of aromatic nitrogens is 2. The lowest BCUT2D eigenvalue weighted by Gasteiger charge is -2.23. The number of anilines is 1. The monoisotopic (exact) mass is 206 g/mol. The Hall–Kier alpha value is -1.16. The van der Waals surface area contributed by atoms with Crippen LogP contribution in [0.4, 0.5) is 5.95 Å². The van der Waals surface area contributed by atoms with Gasteiger partial charge in [0.2, 0.25) is 5.95 Å². The zero-order chi connectivity index (χ0) is 10.5. The van der Waals surface area contributed by atoms with Gasteiger partial charge in [0.25, 0.3) is 0 Å².